The Morgan fingerprint density at radius 2 is 0.637 bits per heavy atom. The minimum Gasteiger partial charge on any atom is -0.274 e. The Morgan fingerprint density at radius 1 is 0.338 bits per heavy atom. The number of rotatable bonds is 40. The van der Waals surface area contributed by atoms with Crippen LogP contribution >= 0.6 is 45.3 Å². The highest BCUT2D eigenvalue weighted by molar-refractivity contribution is 7.24. The second-order valence-electron chi connectivity index (χ2n) is 23.5. The smallest absolute Gasteiger partial charge is 0.262 e. The Labute approximate surface area is 497 Å². The maximum atomic E-state index is 15.9. The molecule has 6 heterocycles. The Hall–Kier alpha value is -4.22. The van der Waals surface area contributed by atoms with Crippen molar-refractivity contribution in [3.8, 4) is 40.4 Å². The van der Waals surface area contributed by atoms with Gasteiger partial charge in [-0.1, -0.05) is 220 Å². The van der Waals surface area contributed by atoms with E-state index in [9.17, 15) is 0 Å². The number of nitrogens with zero attached hydrogens (tertiary/aromatic N) is 2. The van der Waals surface area contributed by atoms with Gasteiger partial charge in [-0.3, -0.25) is 29.0 Å². The zero-order valence-electron chi connectivity index (χ0n) is 49.3. The first-order chi connectivity index (χ1) is 39.3. The largest absolute Gasteiger partial charge is 0.274 e. The molecule has 4 amide bonds. The van der Waals surface area contributed by atoms with E-state index in [-0.39, 0.29) is 35.5 Å². The van der Waals surface area contributed by atoms with Gasteiger partial charge in [0.25, 0.3) is 23.6 Å². The number of thiophene rings is 4. The summed E-state index contributed by atoms with van der Waals surface area (Å²) in [7, 11) is 0. The lowest BCUT2D eigenvalue weighted by atomic mass is 9.80. The molecule has 2 aromatic carbocycles. The maximum Gasteiger partial charge on any atom is 0.262 e. The van der Waals surface area contributed by atoms with E-state index in [1.54, 1.807) is 55.1 Å². The van der Waals surface area contributed by atoms with Gasteiger partial charge in [0.1, 0.15) is 0 Å². The summed E-state index contributed by atoms with van der Waals surface area (Å²) in [5.74, 6) is -0.878. The van der Waals surface area contributed by atoms with Crippen LogP contribution in [0.3, 0.4) is 0 Å². The Bertz CT molecular complexity index is 2680. The molecule has 0 spiro atoms. The molecule has 8 rings (SSSR count). The molecule has 0 fully saturated rings. The molecule has 10 heteroatoms. The lowest BCUT2D eigenvalue weighted by molar-refractivity contribution is 0.0557. The molecule has 2 atom stereocenters. The van der Waals surface area contributed by atoms with Crippen molar-refractivity contribution in [1.29, 1.82) is 0 Å². The highest BCUT2D eigenvalue weighted by Crippen LogP contribution is 2.50. The normalized spacial score (nSPS) is 14.2. The standard InChI is InChI=1S/C70H94N2O4S4/c1-5-9-13-17-21-23-27-31-37-51(35-29-25-19-15-11-7-3)49-71-67(73)55-47-54(58-42-44-62(80-58)60-40-34-46-78-60)66-64-56(48-53(65(63(55)64)69(71)75)57-41-43-61(79-57)59-39-33-45-77-59)68(74)72(70(66)76)50-52(36-30-26-20-16-12-8-4)38-32-28-24-22-18-14-10-6-2/h33-34,39-48,51-52H,5-32,35-38,49-50H2,1-4H3. The predicted octanol–water partition coefficient (Wildman–Crippen LogP) is 22.7. The molecule has 2 aliphatic rings. The van der Waals surface area contributed by atoms with Crippen LogP contribution in [0.25, 0.3) is 51.2 Å². The molecule has 6 nitrogen and oxygen atoms in total. The first kappa shape index (κ1) is 61.8. The molecule has 432 valence electrons. The number of imide groups is 2. The van der Waals surface area contributed by atoms with Gasteiger partial charge in [-0.05, 0) is 96.8 Å². The van der Waals surface area contributed by atoms with Crippen molar-refractivity contribution in [2.75, 3.05) is 13.1 Å². The van der Waals surface area contributed by atoms with E-state index in [0.29, 0.717) is 57.2 Å². The molecule has 0 radical (unpaired) electrons. The summed E-state index contributed by atoms with van der Waals surface area (Å²) in [6, 6.07) is 20.7. The summed E-state index contributed by atoms with van der Waals surface area (Å²) >= 11 is 6.62. The molecular formula is C70H94N2O4S4. The van der Waals surface area contributed by atoms with E-state index in [4.69, 9.17) is 0 Å². The van der Waals surface area contributed by atoms with Crippen LogP contribution in [-0.2, 0) is 0 Å². The van der Waals surface area contributed by atoms with Gasteiger partial charge in [0.2, 0.25) is 0 Å². The lowest BCUT2D eigenvalue weighted by Crippen LogP contribution is -2.46. The highest BCUT2D eigenvalue weighted by Gasteiger charge is 2.44. The Balaban J connectivity index is 1.20. The average Bonchev–Trinajstić information content (AvgIpc) is 4.42. The second-order valence-corrected chi connectivity index (χ2v) is 27.6. The van der Waals surface area contributed by atoms with Crippen LogP contribution < -0.4 is 0 Å². The van der Waals surface area contributed by atoms with Gasteiger partial charge < -0.3 is 0 Å². The third-order valence-electron chi connectivity index (χ3n) is 17.3. The van der Waals surface area contributed by atoms with E-state index in [2.05, 4.69) is 87.0 Å². The fourth-order valence-electron chi connectivity index (χ4n) is 12.7. The quantitative estimate of drug-likeness (QED) is 0.0284. The molecule has 0 aliphatic carbocycles. The number of carbonyl (C=O) groups is 4. The third kappa shape index (κ3) is 16.1. The van der Waals surface area contributed by atoms with Gasteiger partial charge >= 0.3 is 0 Å². The Morgan fingerprint density at radius 3 is 0.938 bits per heavy atom. The van der Waals surface area contributed by atoms with Crippen molar-refractivity contribution >= 4 is 79.7 Å². The fraction of sp³-hybridized carbons (Fsp3) is 0.571. The minimum absolute atomic E-state index is 0.177. The number of amides is 4. The van der Waals surface area contributed by atoms with Crippen LogP contribution in [0.2, 0.25) is 0 Å². The van der Waals surface area contributed by atoms with Crippen molar-refractivity contribution in [3.63, 3.8) is 0 Å². The highest BCUT2D eigenvalue weighted by atomic mass is 32.1. The molecule has 2 aliphatic heterocycles. The molecule has 0 N–H and O–H groups in total. The number of carbonyl (C=O) groups excluding carboxylic acids is 4. The molecule has 0 saturated heterocycles. The third-order valence-corrected chi connectivity index (χ3v) is 21.7. The van der Waals surface area contributed by atoms with E-state index in [1.165, 1.54) is 141 Å². The summed E-state index contributed by atoms with van der Waals surface area (Å²) in [6.45, 7) is 9.77. The summed E-state index contributed by atoms with van der Waals surface area (Å²) in [4.78, 5) is 72.5. The van der Waals surface area contributed by atoms with Gasteiger partial charge in [-0.15, -0.1) is 45.3 Å². The number of benzene rings is 2. The van der Waals surface area contributed by atoms with E-state index >= 15 is 19.2 Å². The molecule has 0 saturated carbocycles. The molecular weight excluding hydrogens is 1060 g/mol. The van der Waals surface area contributed by atoms with Crippen molar-refractivity contribution in [2.45, 2.75) is 233 Å². The molecule has 0 bridgehead atoms. The monoisotopic (exact) mass is 1150 g/mol. The van der Waals surface area contributed by atoms with Crippen LogP contribution in [0.1, 0.15) is 275 Å². The van der Waals surface area contributed by atoms with Crippen LogP contribution in [0.4, 0.5) is 0 Å². The van der Waals surface area contributed by atoms with Gasteiger partial charge in [0, 0.05) is 75.4 Å². The first-order valence-electron chi connectivity index (χ1n) is 32.0. The summed E-state index contributed by atoms with van der Waals surface area (Å²) in [5, 5.41) is 5.12. The van der Waals surface area contributed by atoms with E-state index < -0.39 is 0 Å². The van der Waals surface area contributed by atoms with Gasteiger partial charge in [-0.25, -0.2) is 0 Å². The molecule has 4 aromatic heterocycles. The summed E-state index contributed by atoms with van der Waals surface area (Å²) in [5.41, 5.74) is 3.11. The lowest BCUT2D eigenvalue weighted by Gasteiger charge is -2.36. The fourth-order valence-corrected chi connectivity index (χ4v) is 16.4. The van der Waals surface area contributed by atoms with Gasteiger partial charge in [-0.2, -0.15) is 0 Å². The van der Waals surface area contributed by atoms with Crippen LogP contribution in [0, 0.1) is 11.8 Å². The topological polar surface area (TPSA) is 74.8 Å². The van der Waals surface area contributed by atoms with Gasteiger partial charge in [0.15, 0.2) is 0 Å². The average molecular weight is 1160 g/mol. The number of unbranched alkanes of at least 4 members (excludes halogenated alkanes) is 24. The van der Waals surface area contributed by atoms with E-state index in [1.807, 2.05) is 12.1 Å². The molecule has 2 unspecified atom stereocenters. The minimum atomic E-state index is -0.311. The van der Waals surface area contributed by atoms with E-state index in [0.717, 1.165) is 93.5 Å². The zero-order chi connectivity index (χ0) is 56.1. The summed E-state index contributed by atoms with van der Waals surface area (Å²) < 4.78 is 0. The number of hydrogen-bond acceptors (Lipinski definition) is 8. The maximum absolute atomic E-state index is 15.9. The van der Waals surface area contributed by atoms with Crippen molar-refractivity contribution in [3.05, 3.63) is 93.7 Å². The Kier molecular flexibility index (Phi) is 25.2. The van der Waals surface area contributed by atoms with Crippen molar-refractivity contribution < 1.29 is 19.2 Å². The number of hydrogen-bond donors (Lipinski definition) is 0. The summed E-state index contributed by atoms with van der Waals surface area (Å²) in [6.07, 6.45) is 38.0. The second kappa shape index (κ2) is 32.6. The van der Waals surface area contributed by atoms with Gasteiger partial charge in [0.05, 0.1) is 11.1 Å². The van der Waals surface area contributed by atoms with Crippen molar-refractivity contribution in [1.82, 2.24) is 9.80 Å². The predicted molar refractivity (Wildman–Crippen MR) is 345 cm³/mol. The zero-order valence-corrected chi connectivity index (χ0v) is 52.6. The molecule has 6 aromatic rings. The SMILES string of the molecule is CCCCCCCCCCC(CCCCCCCC)CN1C(=O)c2cc(-c3ccc(-c4cccs4)s3)c3c4c(cc(-c5ccc(-c6cccs6)s5)c(c24)C1=O)C(=O)N(CC(CCCCCCCC)CCCCCCCCCC)C3=O. The van der Waals surface area contributed by atoms with Crippen LogP contribution in [0.15, 0.2) is 71.4 Å². The first-order valence-corrected chi connectivity index (χ1v) is 35.3. The van der Waals surface area contributed by atoms with Crippen LogP contribution in [-0.4, -0.2) is 46.5 Å². The van der Waals surface area contributed by atoms with Crippen LogP contribution in [0.5, 0.6) is 0 Å². The van der Waals surface area contributed by atoms with Crippen molar-refractivity contribution in [2.24, 2.45) is 11.8 Å². The molecule has 80 heavy (non-hydrogen) atoms.